The first-order valence-corrected chi connectivity index (χ1v) is 9.30. The quantitative estimate of drug-likeness (QED) is 0.351. The van der Waals surface area contributed by atoms with Gasteiger partial charge in [0, 0.05) is 32.7 Å². The second kappa shape index (κ2) is 5.83. The summed E-state index contributed by atoms with van der Waals surface area (Å²) in [5.74, 6) is 0. The third kappa shape index (κ3) is 2.13. The Kier molecular flexibility index (Phi) is 3.17. The summed E-state index contributed by atoms with van der Waals surface area (Å²) in [6, 6.07) is 29.2. The summed E-state index contributed by atoms with van der Waals surface area (Å²) in [6.07, 6.45) is 1.64. The van der Waals surface area contributed by atoms with Crippen molar-refractivity contribution in [3.05, 3.63) is 91.3 Å². The van der Waals surface area contributed by atoms with Crippen LogP contribution in [0, 0.1) is 0 Å². The summed E-state index contributed by atoms with van der Waals surface area (Å²) in [4.78, 5) is 14.2. The van der Waals surface area contributed by atoms with E-state index in [1.807, 2.05) is 12.1 Å². The first-order chi connectivity index (χ1) is 13.9. The van der Waals surface area contributed by atoms with Crippen LogP contribution in [0.2, 0.25) is 0 Å². The monoisotopic (exact) mass is 357 g/mol. The number of benzene rings is 4. The van der Waals surface area contributed by atoms with Gasteiger partial charge in [0.2, 0.25) is 0 Å². The molecule has 130 valence electrons. The van der Waals surface area contributed by atoms with E-state index in [0.29, 0.717) is 0 Å². The summed E-state index contributed by atoms with van der Waals surface area (Å²) in [7, 11) is 0. The zero-order valence-corrected chi connectivity index (χ0v) is 15.0. The molecule has 0 aliphatic heterocycles. The standard InChI is InChI=1S/C25H15N3/c1-3-7-16(8-4-1)24-18-11-13-20-23-21(27-15-26-20)14-12-19(22(18)23)25(28-24)17-9-5-2-6-10-17/h1-15H. The number of hydrogen-bond donors (Lipinski definition) is 0. The Morgan fingerprint density at radius 3 is 1.46 bits per heavy atom. The van der Waals surface area contributed by atoms with Gasteiger partial charge in [0.1, 0.15) is 6.33 Å². The molecule has 3 heteroatoms. The van der Waals surface area contributed by atoms with Crippen LogP contribution in [0.1, 0.15) is 0 Å². The van der Waals surface area contributed by atoms with E-state index in [2.05, 4.69) is 82.8 Å². The number of rotatable bonds is 2. The normalized spacial score (nSPS) is 11.6. The van der Waals surface area contributed by atoms with Crippen LogP contribution >= 0.6 is 0 Å². The summed E-state index contributed by atoms with van der Waals surface area (Å²) >= 11 is 0. The van der Waals surface area contributed by atoms with Crippen LogP contribution in [0.5, 0.6) is 0 Å². The molecule has 0 spiro atoms. The van der Waals surface area contributed by atoms with E-state index in [0.717, 1.165) is 49.7 Å². The second-order valence-corrected chi connectivity index (χ2v) is 6.93. The van der Waals surface area contributed by atoms with E-state index in [-0.39, 0.29) is 0 Å². The average Bonchev–Trinajstić information content (AvgIpc) is 2.78. The highest BCUT2D eigenvalue weighted by molar-refractivity contribution is 6.25. The molecule has 0 N–H and O–H groups in total. The maximum Gasteiger partial charge on any atom is 0.116 e. The van der Waals surface area contributed by atoms with E-state index in [1.165, 1.54) is 5.39 Å². The maximum atomic E-state index is 5.16. The largest absolute Gasteiger partial charge is 0.246 e. The van der Waals surface area contributed by atoms with Crippen molar-refractivity contribution >= 4 is 32.6 Å². The van der Waals surface area contributed by atoms with Crippen LogP contribution in [-0.4, -0.2) is 15.0 Å². The fourth-order valence-corrected chi connectivity index (χ4v) is 4.09. The number of aromatic nitrogens is 3. The first kappa shape index (κ1) is 15.2. The maximum absolute atomic E-state index is 5.16. The van der Waals surface area contributed by atoms with E-state index in [9.17, 15) is 0 Å². The molecule has 6 rings (SSSR count). The topological polar surface area (TPSA) is 38.7 Å². The molecule has 3 nitrogen and oxygen atoms in total. The molecule has 0 amide bonds. The van der Waals surface area contributed by atoms with Gasteiger partial charge in [-0.25, -0.2) is 15.0 Å². The smallest absolute Gasteiger partial charge is 0.116 e. The van der Waals surface area contributed by atoms with E-state index in [1.54, 1.807) is 6.33 Å². The van der Waals surface area contributed by atoms with Gasteiger partial charge >= 0.3 is 0 Å². The number of nitrogens with zero attached hydrogens (tertiary/aromatic N) is 3. The van der Waals surface area contributed by atoms with Crippen LogP contribution in [-0.2, 0) is 0 Å². The van der Waals surface area contributed by atoms with Crippen LogP contribution in [0.3, 0.4) is 0 Å². The zero-order valence-electron chi connectivity index (χ0n) is 15.0. The van der Waals surface area contributed by atoms with Crippen molar-refractivity contribution in [3.63, 3.8) is 0 Å². The third-order valence-electron chi connectivity index (χ3n) is 5.34. The fourth-order valence-electron chi connectivity index (χ4n) is 4.09. The second-order valence-electron chi connectivity index (χ2n) is 6.93. The van der Waals surface area contributed by atoms with Crippen LogP contribution in [0.25, 0.3) is 55.1 Å². The molecule has 0 fully saturated rings. The van der Waals surface area contributed by atoms with E-state index in [4.69, 9.17) is 4.98 Å². The molecule has 28 heavy (non-hydrogen) atoms. The lowest BCUT2D eigenvalue weighted by atomic mass is 9.93. The highest BCUT2D eigenvalue weighted by Gasteiger charge is 2.18. The zero-order chi connectivity index (χ0) is 18.5. The van der Waals surface area contributed by atoms with Crippen molar-refractivity contribution in [1.82, 2.24) is 15.0 Å². The molecule has 0 saturated carbocycles. The van der Waals surface area contributed by atoms with Crippen molar-refractivity contribution in [2.45, 2.75) is 0 Å². The van der Waals surface area contributed by atoms with Crippen molar-refractivity contribution in [2.75, 3.05) is 0 Å². The molecule has 0 aliphatic rings. The summed E-state index contributed by atoms with van der Waals surface area (Å²) in [6.45, 7) is 0. The third-order valence-corrected chi connectivity index (χ3v) is 5.34. The minimum Gasteiger partial charge on any atom is -0.246 e. The predicted molar refractivity (Wildman–Crippen MR) is 114 cm³/mol. The van der Waals surface area contributed by atoms with E-state index >= 15 is 0 Å². The highest BCUT2D eigenvalue weighted by Crippen LogP contribution is 2.40. The van der Waals surface area contributed by atoms with Crippen LogP contribution in [0.4, 0.5) is 0 Å². The molecule has 0 saturated heterocycles. The summed E-state index contributed by atoms with van der Waals surface area (Å²) in [5, 5.41) is 4.56. The molecule has 0 atom stereocenters. The highest BCUT2D eigenvalue weighted by atomic mass is 14.8. The van der Waals surface area contributed by atoms with Crippen molar-refractivity contribution in [2.24, 2.45) is 0 Å². The molecule has 6 aromatic rings. The SMILES string of the molecule is c1ccc(-c2nc(-c3ccccc3)c3ccc4ncnc5ccc2c3c54)cc1. The van der Waals surface area contributed by atoms with Crippen molar-refractivity contribution in [3.8, 4) is 22.5 Å². The van der Waals surface area contributed by atoms with Crippen LogP contribution < -0.4 is 0 Å². The molecule has 2 aromatic heterocycles. The Morgan fingerprint density at radius 2 is 0.964 bits per heavy atom. The average molecular weight is 357 g/mol. The van der Waals surface area contributed by atoms with Crippen molar-refractivity contribution in [1.29, 1.82) is 0 Å². The molecular formula is C25H15N3. The lowest BCUT2D eigenvalue weighted by molar-refractivity contribution is 1.26. The van der Waals surface area contributed by atoms with Gasteiger partial charge in [0.25, 0.3) is 0 Å². The minimum absolute atomic E-state index is 0.965. The Balaban J connectivity index is 1.86. The number of hydrogen-bond acceptors (Lipinski definition) is 3. The summed E-state index contributed by atoms with van der Waals surface area (Å²) < 4.78 is 0. The van der Waals surface area contributed by atoms with Gasteiger partial charge in [0.15, 0.2) is 0 Å². The van der Waals surface area contributed by atoms with Gasteiger partial charge in [-0.3, -0.25) is 0 Å². The lowest BCUT2D eigenvalue weighted by Gasteiger charge is -2.16. The molecule has 0 bridgehead atoms. The Hall–Kier alpha value is -3.85. The van der Waals surface area contributed by atoms with Crippen molar-refractivity contribution < 1.29 is 0 Å². The molecule has 0 aliphatic carbocycles. The molecule has 0 unspecified atom stereocenters. The van der Waals surface area contributed by atoms with Gasteiger partial charge < -0.3 is 0 Å². The van der Waals surface area contributed by atoms with Gasteiger partial charge in [-0.15, -0.1) is 0 Å². The van der Waals surface area contributed by atoms with Gasteiger partial charge in [-0.1, -0.05) is 60.7 Å². The predicted octanol–water partition coefficient (Wildman–Crippen LogP) is 6.10. The fraction of sp³-hybridized carbons (Fsp3) is 0. The Morgan fingerprint density at radius 1 is 0.464 bits per heavy atom. The molecule has 0 radical (unpaired) electrons. The Labute approximate surface area is 161 Å². The lowest BCUT2D eigenvalue weighted by Crippen LogP contribution is -1.96. The molecule has 2 heterocycles. The molecular weight excluding hydrogens is 342 g/mol. The Bertz CT molecular complexity index is 1340. The molecule has 4 aromatic carbocycles. The van der Waals surface area contributed by atoms with Crippen LogP contribution in [0.15, 0.2) is 91.3 Å². The summed E-state index contributed by atoms with van der Waals surface area (Å²) in [5.41, 5.74) is 6.13. The van der Waals surface area contributed by atoms with E-state index < -0.39 is 0 Å². The van der Waals surface area contributed by atoms with Gasteiger partial charge in [-0.2, -0.15) is 0 Å². The van der Waals surface area contributed by atoms with Gasteiger partial charge in [0.05, 0.1) is 22.4 Å². The number of pyridine rings is 1. The first-order valence-electron chi connectivity index (χ1n) is 9.30. The van der Waals surface area contributed by atoms with Gasteiger partial charge in [-0.05, 0) is 24.3 Å². The minimum atomic E-state index is 0.965.